The maximum absolute atomic E-state index is 14.5. The summed E-state index contributed by atoms with van der Waals surface area (Å²) in [5, 5.41) is 3.43. The van der Waals surface area contributed by atoms with E-state index in [1.54, 1.807) is 13.2 Å². The minimum Gasteiger partial charge on any atom is -0.376 e. The maximum Gasteiger partial charge on any atom is 0.128 e. The zero-order valence-corrected chi connectivity index (χ0v) is 13.6. The van der Waals surface area contributed by atoms with Crippen LogP contribution in [-0.2, 0) is 4.74 Å². The Bertz CT molecular complexity index is 409. The summed E-state index contributed by atoms with van der Waals surface area (Å²) in [6.07, 6.45) is 1.68. The zero-order chi connectivity index (χ0) is 15.3. The lowest BCUT2D eigenvalue weighted by atomic mass is 9.81. The van der Waals surface area contributed by atoms with Crippen molar-refractivity contribution < 1.29 is 9.13 Å². The molecule has 0 saturated heterocycles. The van der Waals surface area contributed by atoms with Crippen LogP contribution in [0.3, 0.4) is 0 Å². The van der Waals surface area contributed by atoms with Crippen molar-refractivity contribution in [3.63, 3.8) is 0 Å². The number of hydrogen-bond donors (Lipinski definition) is 1. The number of benzene rings is 1. The molecule has 2 nitrogen and oxygen atoms in total. The lowest BCUT2D eigenvalue weighted by molar-refractivity contribution is -0.0492. The van der Waals surface area contributed by atoms with E-state index in [4.69, 9.17) is 4.74 Å². The van der Waals surface area contributed by atoms with E-state index in [0.29, 0.717) is 0 Å². The fraction of sp³-hybridized carbons (Fsp3) is 0.647. The normalized spacial score (nSPS) is 13.6. The van der Waals surface area contributed by atoms with Gasteiger partial charge in [0, 0.05) is 12.7 Å². The van der Waals surface area contributed by atoms with Crippen molar-refractivity contribution in [3.05, 3.63) is 34.6 Å². The number of methoxy groups -OCH3 is 1. The van der Waals surface area contributed by atoms with Crippen molar-refractivity contribution in [2.24, 2.45) is 0 Å². The van der Waals surface area contributed by atoms with Crippen LogP contribution >= 0.6 is 0 Å². The second-order valence-corrected chi connectivity index (χ2v) is 5.44. The fourth-order valence-corrected chi connectivity index (χ4v) is 3.11. The monoisotopic (exact) mass is 281 g/mol. The number of rotatable bonds is 7. The number of likely N-dealkylation sites (N-methyl/N-ethyl adjacent to an activating group) is 1. The van der Waals surface area contributed by atoms with Crippen molar-refractivity contribution in [2.75, 3.05) is 13.7 Å². The second-order valence-electron chi connectivity index (χ2n) is 5.44. The minimum atomic E-state index is -0.378. The summed E-state index contributed by atoms with van der Waals surface area (Å²) in [5.74, 6) is -0.142. The molecule has 0 aliphatic heterocycles. The molecule has 3 heteroatoms. The first kappa shape index (κ1) is 17.1. The molecule has 0 aromatic heterocycles. The Kier molecular flexibility index (Phi) is 6.15. The lowest BCUT2D eigenvalue weighted by Crippen LogP contribution is -2.45. The first-order valence-corrected chi connectivity index (χ1v) is 7.50. The Labute approximate surface area is 122 Å². The van der Waals surface area contributed by atoms with Crippen molar-refractivity contribution >= 4 is 0 Å². The molecule has 0 heterocycles. The van der Waals surface area contributed by atoms with Crippen LogP contribution in [0, 0.1) is 19.7 Å². The van der Waals surface area contributed by atoms with Crippen molar-refractivity contribution in [1.29, 1.82) is 0 Å². The average Bonchev–Trinajstić information content (AvgIpc) is 2.40. The fourth-order valence-electron chi connectivity index (χ4n) is 3.11. The quantitative estimate of drug-likeness (QED) is 0.804. The molecule has 1 unspecified atom stereocenters. The topological polar surface area (TPSA) is 21.3 Å². The van der Waals surface area contributed by atoms with Gasteiger partial charge in [0.05, 0.1) is 11.6 Å². The van der Waals surface area contributed by atoms with Crippen LogP contribution in [-0.4, -0.2) is 19.3 Å². The van der Waals surface area contributed by atoms with Crippen molar-refractivity contribution in [2.45, 2.75) is 59.1 Å². The van der Waals surface area contributed by atoms with Gasteiger partial charge < -0.3 is 10.1 Å². The van der Waals surface area contributed by atoms with Crippen LogP contribution in [0.1, 0.15) is 56.3 Å². The Morgan fingerprint density at radius 3 is 2.20 bits per heavy atom. The van der Waals surface area contributed by atoms with Gasteiger partial charge in [-0.15, -0.1) is 0 Å². The average molecular weight is 281 g/mol. The summed E-state index contributed by atoms with van der Waals surface area (Å²) in [6, 6.07) is 3.51. The maximum atomic E-state index is 14.5. The van der Waals surface area contributed by atoms with E-state index in [-0.39, 0.29) is 17.5 Å². The van der Waals surface area contributed by atoms with Gasteiger partial charge in [0.2, 0.25) is 0 Å². The first-order chi connectivity index (χ1) is 9.45. The first-order valence-electron chi connectivity index (χ1n) is 7.50. The highest BCUT2D eigenvalue weighted by Gasteiger charge is 2.38. The predicted molar refractivity (Wildman–Crippen MR) is 82.6 cm³/mol. The van der Waals surface area contributed by atoms with Gasteiger partial charge in [-0.25, -0.2) is 4.39 Å². The third-order valence-electron chi connectivity index (χ3n) is 4.31. The third-order valence-corrected chi connectivity index (χ3v) is 4.31. The summed E-state index contributed by atoms with van der Waals surface area (Å²) in [4.78, 5) is 0. The van der Waals surface area contributed by atoms with Gasteiger partial charge >= 0.3 is 0 Å². The van der Waals surface area contributed by atoms with Gasteiger partial charge in [0.1, 0.15) is 5.82 Å². The summed E-state index contributed by atoms with van der Waals surface area (Å²) in [6.45, 7) is 10.9. The Morgan fingerprint density at radius 1 is 1.20 bits per heavy atom. The molecule has 20 heavy (non-hydrogen) atoms. The molecule has 114 valence electrons. The number of ether oxygens (including phenoxy) is 1. The molecule has 1 aromatic rings. The molecular formula is C17H28FNO. The molecule has 0 bridgehead atoms. The van der Waals surface area contributed by atoms with E-state index in [1.807, 2.05) is 26.8 Å². The van der Waals surface area contributed by atoms with Crippen LogP contribution in [0.5, 0.6) is 0 Å². The van der Waals surface area contributed by atoms with Gasteiger partial charge in [-0.3, -0.25) is 0 Å². The summed E-state index contributed by atoms with van der Waals surface area (Å²) >= 11 is 0. The standard InChI is InChI=1S/C17H28FNO/c1-7-17(8-2,20-6)16(19-9-3)15-13(5)10-12(4)11-14(15)18/h10-11,16,19H,7-9H2,1-6H3. The summed E-state index contributed by atoms with van der Waals surface area (Å²) < 4.78 is 20.3. The predicted octanol–water partition coefficient (Wildman–Crippen LogP) is 4.30. The molecule has 0 aliphatic carbocycles. The van der Waals surface area contributed by atoms with Crippen LogP contribution in [0.2, 0.25) is 0 Å². The van der Waals surface area contributed by atoms with Crippen molar-refractivity contribution in [3.8, 4) is 0 Å². The molecule has 0 fully saturated rings. The van der Waals surface area contributed by atoms with E-state index in [9.17, 15) is 4.39 Å². The van der Waals surface area contributed by atoms with Crippen LogP contribution < -0.4 is 5.32 Å². The van der Waals surface area contributed by atoms with Gasteiger partial charge in [-0.05, 0) is 50.4 Å². The van der Waals surface area contributed by atoms with Gasteiger partial charge in [0.25, 0.3) is 0 Å². The van der Waals surface area contributed by atoms with Crippen LogP contribution in [0.25, 0.3) is 0 Å². The number of aryl methyl sites for hydroxylation is 2. The number of halogens is 1. The highest BCUT2D eigenvalue weighted by atomic mass is 19.1. The summed E-state index contributed by atoms with van der Waals surface area (Å²) in [5.41, 5.74) is 2.30. The van der Waals surface area contributed by atoms with Crippen LogP contribution in [0.15, 0.2) is 12.1 Å². The molecule has 1 atom stereocenters. The van der Waals surface area contributed by atoms with Crippen molar-refractivity contribution in [1.82, 2.24) is 5.32 Å². The number of hydrogen-bond acceptors (Lipinski definition) is 2. The zero-order valence-electron chi connectivity index (χ0n) is 13.6. The van der Waals surface area contributed by atoms with E-state index < -0.39 is 0 Å². The molecule has 0 radical (unpaired) electrons. The Balaban J connectivity index is 3.40. The van der Waals surface area contributed by atoms with E-state index in [2.05, 4.69) is 19.2 Å². The largest absolute Gasteiger partial charge is 0.376 e. The Morgan fingerprint density at radius 2 is 1.80 bits per heavy atom. The molecule has 0 amide bonds. The molecular weight excluding hydrogens is 253 g/mol. The highest BCUT2D eigenvalue weighted by Crippen LogP contribution is 2.37. The third kappa shape index (κ3) is 3.21. The van der Waals surface area contributed by atoms with E-state index in [1.165, 1.54) is 0 Å². The summed E-state index contributed by atoms with van der Waals surface area (Å²) in [7, 11) is 1.72. The van der Waals surface area contributed by atoms with Gasteiger partial charge in [0.15, 0.2) is 0 Å². The second kappa shape index (κ2) is 7.19. The molecule has 1 aromatic carbocycles. The van der Waals surface area contributed by atoms with E-state index >= 15 is 0 Å². The van der Waals surface area contributed by atoms with Crippen LogP contribution in [0.4, 0.5) is 4.39 Å². The number of nitrogens with one attached hydrogen (secondary N) is 1. The SMILES string of the molecule is CCNC(c1c(C)cc(C)cc1F)C(CC)(CC)OC. The molecule has 0 aliphatic rings. The lowest BCUT2D eigenvalue weighted by Gasteiger charge is -2.40. The molecule has 1 rings (SSSR count). The molecule has 0 spiro atoms. The highest BCUT2D eigenvalue weighted by molar-refractivity contribution is 5.36. The molecule has 1 N–H and O–H groups in total. The van der Waals surface area contributed by atoms with E-state index in [0.717, 1.165) is 36.1 Å². The van der Waals surface area contributed by atoms with Gasteiger partial charge in [-0.2, -0.15) is 0 Å². The van der Waals surface area contributed by atoms with Gasteiger partial charge in [-0.1, -0.05) is 26.8 Å². The smallest absolute Gasteiger partial charge is 0.128 e. The molecule has 0 saturated carbocycles. The minimum absolute atomic E-state index is 0.131. The Hall–Kier alpha value is -0.930.